The van der Waals surface area contributed by atoms with Crippen molar-refractivity contribution >= 4 is 18.0 Å². The fourth-order valence-corrected chi connectivity index (χ4v) is 4.07. The van der Waals surface area contributed by atoms with Gasteiger partial charge in [0, 0.05) is 5.92 Å². The summed E-state index contributed by atoms with van der Waals surface area (Å²) in [5.41, 5.74) is 3.69. The van der Waals surface area contributed by atoms with E-state index in [4.69, 9.17) is 16.3 Å². The highest BCUT2D eigenvalue weighted by Crippen LogP contribution is 2.44. The lowest BCUT2D eigenvalue weighted by molar-refractivity contribution is -0.146. The maximum atomic E-state index is 13.0. The minimum Gasteiger partial charge on any atom is -0.480 e. The third-order valence-corrected chi connectivity index (χ3v) is 5.64. The maximum Gasteiger partial charge on any atom is 0.407 e. The molecular weight excluding hydrogens is 420 g/mol. The molecule has 2 N–H and O–H groups in total. The molecule has 7 nitrogen and oxygen atoms in total. The quantitative estimate of drug-likeness (QED) is 0.632. The lowest BCUT2D eigenvalue weighted by Gasteiger charge is -2.33. The largest absolute Gasteiger partial charge is 0.480 e. The summed E-state index contributed by atoms with van der Waals surface area (Å²) in [6.07, 6.45) is 4.55. The van der Waals surface area contributed by atoms with Gasteiger partial charge in [-0.2, -0.15) is 0 Å². The van der Waals surface area contributed by atoms with Crippen molar-refractivity contribution in [2.75, 3.05) is 19.7 Å². The van der Waals surface area contributed by atoms with Crippen molar-refractivity contribution in [2.24, 2.45) is 5.41 Å². The number of fused-ring (bicyclic) bond motifs is 3. The minimum atomic E-state index is -1.19. The molecule has 2 aromatic carbocycles. The van der Waals surface area contributed by atoms with Crippen LogP contribution in [0.1, 0.15) is 37.8 Å². The second kappa shape index (κ2) is 9.78. The van der Waals surface area contributed by atoms with Crippen LogP contribution in [0.5, 0.6) is 0 Å². The van der Waals surface area contributed by atoms with Crippen molar-refractivity contribution in [3.05, 3.63) is 59.7 Å². The van der Waals surface area contributed by atoms with Gasteiger partial charge >= 0.3 is 12.1 Å². The molecule has 0 spiro atoms. The Labute approximate surface area is 193 Å². The second-order valence-corrected chi connectivity index (χ2v) is 9.06. The number of nitrogens with zero attached hydrogens (tertiary/aromatic N) is 1. The smallest absolute Gasteiger partial charge is 0.407 e. The number of aliphatic carboxylic acids is 1. The Morgan fingerprint density at radius 1 is 1.09 bits per heavy atom. The Kier molecular flexibility index (Phi) is 7.07. The Balaban J connectivity index is 1.74. The SMILES string of the molecule is C#CCN(CC(=O)O)C(=O)C(NC(=O)OCC1c2ccccc2-c2ccccc21)C(C)(C)C. The summed E-state index contributed by atoms with van der Waals surface area (Å²) >= 11 is 0. The van der Waals surface area contributed by atoms with Gasteiger partial charge in [-0.3, -0.25) is 9.59 Å². The van der Waals surface area contributed by atoms with Gasteiger partial charge in [-0.25, -0.2) is 4.79 Å². The first-order valence-electron chi connectivity index (χ1n) is 10.7. The van der Waals surface area contributed by atoms with Crippen molar-refractivity contribution in [1.82, 2.24) is 10.2 Å². The van der Waals surface area contributed by atoms with Crippen molar-refractivity contribution in [2.45, 2.75) is 32.7 Å². The van der Waals surface area contributed by atoms with Crippen molar-refractivity contribution in [3.8, 4) is 23.5 Å². The molecule has 3 rings (SSSR count). The van der Waals surface area contributed by atoms with E-state index in [-0.39, 0.29) is 19.1 Å². The number of nitrogens with one attached hydrogen (secondary N) is 1. The van der Waals surface area contributed by atoms with Crippen LogP contribution >= 0.6 is 0 Å². The molecule has 0 bridgehead atoms. The van der Waals surface area contributed by atoms with E-state index in [1.165, 1.54) is 0 Å². The highest BCUT2D eigenvalue weighted by molar-refractivity contribution is 5.89. The van der Waals surface area contributed by atoms with E-state index < -0.39 is 36.0 Å². The Bertz CT molecular complexity index is 1050. The predicted octanol–water partition coefficient (Wildman–Crippen LogP) is 3.49. The zero-order valence-electron chi connectivity index (χ0n) is 19.0. The summed E-state index contributed by atoms with van der Waals surface area (Å²) in [6.45, 7) is 4.69. The van der Waals surface area contributed by atoms with Crippen LogP contribution in [0.25, 0.3) is 11.1 Å². The van der Waals surface area contributed by atoms with Gasteiger partial charge in [-0.15, -0.1) is 6.42 Å². The molecular formula is C26H28N2O5. The molecule has 1 unspecified atom stereocenters. The number of terminal acetylenes is 1. The second-order valence-electron chi connectivity index (χ2n) is 9.06. The van der Waals surface area contributed by atoms with Gasteiger partial charge in [0.05, 0.1) is 6.54 Å². The number of amides is 2. The summed E-state index contributed by atoms with van der Waals surface area (Å²) < 4.78 is 5.56. The van der Waals surface area contributed by atoms with E-state index in [9.17, 15) is 14.4 Å². The zero-order chi connectivity index (χ0) is 24.2. The van der Waals surface area contributed by atoms with Crippen molar-refractivity contribution < 1.29 is 24.2 Å². The van der Waals surface area contributed by atoms with Crippen LogP contribution in [0, 0.1) is 17.8 Å². The van der Waals surface area contributed by atoms with Crippen molar-refractivity contribution in [3.63, 3.8) is 0 Å². The summed E-state index contributed by atoms with van der Waals surface area (Å²) in [5, 5.41) is 11.7. The zero-order valence-corrected chi connectivity index (χ0v) is 19.0. The van der Waals surface area contributed by atoms with E-state index in [1.807, 2.05) is 48.5 Å². The first kappa shape index (κ1) is 23.9. The van der Waals surface area contributed by atoms with Crippen LogP contribution in [-0.2, 0) is 14.3 Å². The summed E-state index contributed by atoms with van der Waals surface area (Å²) in [7, 11) is 0. The molecule has 1 atom stereocenters. The van der Waals surface area contributed by atoms with Crippen LogP contribution in [0.3, 0.4) is 0 Å². The average Bonchev–Trinajstić information content (AvgIpc) is 3.08. The fourth-order valence-electron chi connectivity index (χ4n) is 4.07. The molecule has 1 aliphatic carbocycles. The van der Waals surface area contributed by atoms with Gasteiger partial charge in [0.2, 0.25) is 5.91 Å². The first-order valence-corrected chi connectivity index (χ1v) is 10.7. The molecule has 0 aromatic heterocycles. The minimum absolute atomic E-state index is 0.105. The molecule has 2 amide bonds. The average molecular weight is 449 g/mol. The highest BCUT2D eigenvalue weighted by atomic mass is 16.5. The monoisotopic (exact) mass is 448 g/mol. The molecule has 2 aromatic rings. The number of ether oxygens (including phenoxy) is 1. The third-order valence-electron chi connectivity index (χ3n) is 5.64. The Hall–Kier alpha value is -3.79. The number of carbonyl (C=O) groups is 3. The van der Waals surface area contributed by atoms with Crippen LogP contribution in [0.4, 0.5) is 4.79 Å². The number of alkyl carbamates (subject to hydrolysis) is 1. The van der Waals surface area contributed by atoms with E-state index in [2.05, 4.69) is 11.2 Å². The van der Waals surface area contributed by atoms with Gasteiger partial charge in [-0.1, -0.05) is 75.2 Å². The number of hydrogen-bond acceptors (Lipinski definition) is 4. The van der Waals surface area contributed by atoms with Crippen molar-refractivity contribution in [1.29, 1.82) is 0 Å². The number of rotatable bonds is 7. The van der Waals surface area contributed by atoms with Crippen LogP contribution < -0.4 is 5.32 Å². The molecule has 0 saturated carbocycles. The lowest BCUT2D eigenvalue weighted by Crippen LogP contribution is -2.55. The molecule has 0 fully saturated rings. The molecule has 0 saturated heterocycles. The standard InChI is InChI=1S/C26H28N2O5/c1-5-14-28(15-22(29)30)24(31)23(26(2,3)4)27-25(32)33-16-21-19-12-8-6-10-17(19)18-11-7-9-13-20(18)21/h1,6-13,21,23H,14-16H2,2-4H3,(H,27,32)(H,29,30). The number of hydrogen-bond donors (Lipinski definition) is 2. The van der Waals surface area contributed by atoms with E-state index in [0.717, 1.165) is 27.2 Å². The number of carboxylic acid groups (broad SMARTS) is 1. The molecule has 33 heavy (non-hydrogen) atoms. The fraction of sp³-hybridized carbons (Fsp3) is 0.346. The van der Waals surface area contributed by atoms with Gasteiger partial charge < -0.3 is 20.1 Å². The molecule has 7 heteroatoms. The summed E-state index contributed by atoms with van der Waals surface area (Å²) in [4.78, 5) is 38.0. The van der Waals surface area contributed by atoms with Crippen LogP contribution in [-0.4, -0.2) is 53.7 Å². The van der Waals surface area contributed by atoms with E-state index in [1.54, 1.807) is 20.8 Å². The highest BCUT2D eigenvalue weighted by Gasteiger charge is 2.37. The Morgan fingerprint density at radius 2 is 1.64 bits per heavy atom. The predicted molar refractivity (Wildman–Crippen MR) is 124 cm³/mol. The molecule has 1 aliphatic rings. The maximum absolute atomic E-state index is 13.0. The first-order chi connectivity index (χ1) is 15.6. The van der Waals surface area contributed by atoms with E-state index in [0.29, 0.717) is 0 Å². The number of carbonyl (C=O) groups excluding carboxylic acids is 2. The third kappa shape index (κ3) is 5.35. The van der Waals surface area contributed by atoms with Gasteiger partial charge in [-0.05, 0) is 27.7 Å². The van der Waals surface area contributed by atoms with Crippen LogP contribution in [0.15, 0.2) is 48.5 Å². The number of benzene rings is 2. The topological polar surface area (TPSA) is 95.9 Å². The van der Waals surface area contributed by atoms with Gasteiger partial charge in [0.25, 0.3) is 0 Å². The lowest BCUT2D eigenvalue weighted by atomic mass is 9.86. The molecule has 0 heterocycles. The normalized spacial score (nSPS) is 13.3. The summed E-state index contributed by atoms with van der Waals surface area (Å²) in [5.74, 6) is 0.418. The van der Waals surface area contributed by atoms with E-state index >= 15 is 0 Å². The Morgan fingerprint density at radius 3 is 2.12 bits per heavy atom. The van der Waals surface area contributed by atoms with Gasteiger partial charge in [0.15, 0.2) is 0 Å². The van der Waals surface area contributed by atoms with Crippen LogP contribution in [0.2, 0.25) is 0 Å². The molecule has 0 aliphatic heterocycles. The summed E-state index contributed by atoms with van der Waals surface area (Å²) in [6, 6.07) is 15.0. The molecule has 172 valence electrons. The molecule has 0 radical (unpaired) electrons. The number of carboxylic acids is 1. The van der Waals surface area contributed by atoms with Gasteiger partial charge in [0.1, 0.15) is 19.2 Å².